The molecule has 1 N–H and O–H groups in total. The Morgan fingerprint density at radius 3 is 2.95 bits per heavy atom. The number of nitrogens with zero attached hydrogens (tertiary/aromatic N) is 4. The van der Waals surface area contributed by atoms with Gasteiger partial charge in [-0.3, -0.25) is 4.90 Å². The molecule has 2 aromatic rings. The highest BCUT2D eigenvalue weighted by Crippen LogP contribution is 2.21. The highest BCUT2D eigenvalue weighted by Gasteiger charge is 2.23. The maximum Gasteiger partial charge on any atom is 0.352 e. The fraction of sp³-hybridized carbons (Fsp3) is 0.462. The minimum Gasteiger partial charge on any atom is -0.396 e. The predicted molar refractivity (Wildman–Crippen MR) is 74.5 cm³/mol. The Labute approximate surface area is 116 Å². The first kappa shape index (κ1) is 14.4. The fourth-order valence-electron chi connectivity index (χ4n) is 2.19. The van der Waals surface area contributed by atoms with E-state index in [2.05, 4.69) is 4.98 Å². The third-order valence-corrected chi connectivity index (χ3v) is 3.20. The van der Waals surface area contributed by atoms with Crippen molar-refractivity contribution in [3.63, 3.8) is 0 Å². The van der Waals surface area contributed by atoms with Crippen molar-refractivity contribution >= 4 is 11.5 Å². The summed E-state index contributed by atoms with van der Waals surface area (Å²) in [4.78, 5) is 17.3. The van der Waals surface area contributed by atoms with E-state index in [9.17, 15) is 10.1 Å². The van der Waals surface area contributed by atoms with Gasteiger partial charge in [0.25, 0.3) is 0 Å². The van der Waals surface area contributed by atoms with Crippen LogP contribution in [0.5, 0.6) is 0 Å². The molecule has 0 saturated carbocycles. The lowest BCUT2D eigenvalue weighted by molar-refractivity contribution is -0.391. The number of pyridine rings is 1. The second-order valence-corrected chi connectivity index (χ2v) is 4.51. The summed E-state index contributed by atoms with van der Waals surface area (Å²) in [6, 6.07) is 5.30. The van der Waals surface area contributed by atoms with Gasteiger partial charge in [0.05, 0.1) is 6.20 Å². The highest BCUT2D eigenvalue weighted by molar-refractivity contribution is 5.48. The number of aliphatic hydroxyl groups excluding tert-OH is 1. The Hall–Kier alpha value is -1.99. The van der Waals surface area contributed by atoms with Crippen LogP contribution in [0, 0.1) is 10.1 Å². The van der Waals surface area contributed by atoms with Gasteiger partial charge in [0.1, 0.15) is 0 Å². The van der Waals surface area contributed by atoms with E-state index in [4.69, 9.17) is 5.11 Å². The predicted octanol–water partition coefficient (Wildman–Crippen LogP) is 1.45. The molecule has 0 aliphatic rings. The third kappa shape index (κ3) is 2.94. The van der Waals surface area contributed by atoms with Gasteiger partial charge in [0, 0.05) is 25.8 Å². The van der Waals surface area contributed by atoms with Crippen molar-refractivity contribution < 1.29 is 10.0 Å². The molecule has 7 nitrogen and oxygen atoms in total. The van der Waals surface area contributed by atoms with Crippen molar-refractivity contribution in [2.45, 2.75) is 19.9 Å². The molecule has 0 aromatic carbocycles. The van der Waals surface area contributed by atoms with Crippen LogP contribution in [-0.4, -0.2) is 44.0 Å². The van der Waals surface area contributed by atoms with Crippen LogP contribution in [0.1, 0.15) is 19.0 Å². The Balaban J connectivity index is 2.33. The highest BCUT2D eigenvalue weighted by atomic mass is 16.6. The van der Waals surface area contributed by atoms with Crippen molar-refractivity contribution in [2.75, 3.05) is 19.7 Å². The standard InChI is InChI=1S/C13H18N4O3/c1-2-15(7-5-9-18)10-11-13(17(19)20)16-8-4-3-6-12(16)14-11/h3-4,6,8,18H,2,5,7,9-10H2,1H3. The summed E-state index contributed by atoms with van der Waals surface area (Å²) >= 11 is 0. The smallest absolute Gasteiger partial charge is 0.352 e. The molecule has 0 amide bonds. The minimum atomic E-state index is -0.394. The molecule has 108 valence electrons. The summed E-state index contributed by atoms with van der Waals surface area (Å²) in [6.45, 7) is 3.96. The third-order valence-electron chi connectivity index (χ3n) is 3.20. The van der Waals surface area contributed by atoms with Gasteiger partial charge in [-0.1, -0.05) is 13.0 Å². The van der Waals surface area contributed by atoms with E-state index in [1.807, 2.05) is 11.8 Å². The van der Waals surface area contributed by atoms with Crippen LogP contribution >= 0.6 is 0 Å². The van der Waals surface area contributed by atoms with E-state index < -0.39 is 4.92 Å². The largest absolute Gasteiger partial charge is 0.396 e. The maximum atomic E-state index is 11.3. The molecule has 7 heteroatoms. The molecule has 2 aromatic heterocycles. The lowest BCUT2D eigenvalue weighted by atomic mass is 10.3. The van der Waals surface area contributed by atoms with Gasteiger partial charge >= 0.3 is 5.82 Å². The van der Waals surface area contributed by atoms with Crippen molar-refractivity contribution in [1.82, 2.24) is 14.3 Å². The SMILES string of the molecule is CCN(CCCO)Cc1nc2ccccn2c1[N+](=O)[O-]. The van der Waals surface area contributed by atoms with E-state index in [1.54, 1.807) is 24.4 Å². The summed E-state index contributed by atoms with van der Waals surface area (Å²) in [5.41, 5.74) is 1.04. The molecule has 0 bridgehead atoms. The zero-order valence-electron chi connectivity index (χ0n) is 11.4. The molecule has 0 spiro atoms. The number of hydrogen-bond donors (Lipinski definition) is 1. The summed E-state index contributed by atoms with van der Waals surface area (Å²) in [6.07, 6.45) is 2.29. The number of aromatic nitrogens is 2. The Morgan fingerprint density at radius 2 is 2.30 bits per heavy atom. The minimum absolute atomic E-state index is 0.0167. The summed E-state index contributed by atoms with van der Waals surface area (Å²) in [5, 5.41) is 20.1. The first-order valence-corrected chi connectivity index (χ1v) is 6.61. The van der Waals surface area contributed by atoms with Crippen molar-refractivity contribution in [3.8, 4) is 0 Å². The van der Waals surface area contributed by atoms with Gasteiger partial charge in [-0.05, 0) is 24.0 Å². The number of rotatable bonds is 7. The fourth-order valence-corrected chi connectivity index (χ4v) is 2.19. The average molecular weight is 278 g/mol. The monoisotopic (exact) mass is 278 g/mol. The van der Waals surface area contributed by atoms with Crippen LogP contribution in [0.2, 0.25) is 0 Å². The molecule has 0 saturated heterocycles. The van der Waals surface area contributed by atoms with Crippen molar-refractivity contribution in [1.29, 1.82) is 0 Å². The molecule has 0 unspecified atom stereocenters. The lowest BCUT2D eigenvalue weighted by Crippen LogP contribution is -2.25. The van der Waals surface area contributed by atoms with E-state index in [1.165, 1.54) is 4.40 Å². The van der Waals surface area contributed by atoms with Crippen LogP contribution in [0.25, 0.3) is 5.65 Å². The van der Waals surface area contributed by atoms with Gasteiger partial charge in [-0.25, -0.2) is 4.98 Å². The molecule has 0 fully saturated rings. The Morgan fingerprint density at radius 1 is 1.50 bits per heavy atom. The zero-order valence-corrected chi connectivity index (χ0v) is 11.4. The van der Waals surface area contributed by atoms with Gasteiger partial charge in [-0.2, -0.15) is 4.40 Å². The number of aliphatic hydroxyl groups is 1. The topological polar surface area (TPSA) is 83.9 Å². The molecule has 20 heavy (non-hydrogen) atoms. The zero-order chi connectivity index (χ0) is 14.5. The molecule has 2 rings (SSSR count). The van der Waals surface area contributed by atoms with Crippen LogP contribution in [-0.2, 0) is 6.54 Å². The molecule has 0 radical (unpaired) electrons. The van der Waals surface area contributed by atoms with Crippen LogP contribution in [0.15, 0.2) is 24.4 Å². The van der Waals surface area contributed by atoms with Crippen LogP contribution in [0.3, 0.4) is 0 Å². The van der Waals surface area contributed by atoms with Crippen LogP contribution in [0.4, 0.5) is 5.82 Å². The summed E-state index contributed by atoms with van der Waals surface area (Å²) < 4.78 is 1.50. The lowest BCUT2D eigenvalue weighted by Gasteiger charge is -2.18. The Bertz CT molecular complexity index is 596. The van der Waals surface area contributed by atoms with Crippen molar-refractivity contribution in [3.05, 3.63) is 40.2 Å². The van der Waals surface area contributed by atoms with E-state index in [-0.39, 0.29) is 12.4 Å². The maximum absolute atomic E-state index is 11.3. The Kier molecular flexibility index (Phi) is 4.65. The number of hydrogen-bond acceptors (Lipinski definition) is 5. The van der Waals surface area contributed by atoms with Gasteiger partial charge in [-0.15, -0.1) is 0 Å². The van der Waals surface area contributed by atoms with Crippen molar-refractivity contribution in [2.24, 2.45) is 0 Å². The number of imidazole rings is 1. The van der Waals surface area contributed by atoms with E-state index in [0.717, 1.165) is 6.54 Å². The molecule has 0 aliphatic heterocycles. The molecule has 2 heterocycles. The second-order valence-electron chi connectivity index (χ2n) is 4.51. The molecule has 0 atom stereocenters. The van der Waals surface area contributed by atoms with E-state index >= 15 is 0 Å². The van der Waals surface area contributed by atoms with Gasteiger partial charge in [0.2, 0.25) is 5.65 Å². The quantitative estimate of drug-likeness (QED) is 0.612. The average Bonchev–Trinajstić information content (AvgIpc) is 2.81. The first-order valence-electron chi connectivity index (χ1n) is 6.61. The van der Waals surface area contributed by atoms with Gasteiger partial charge < -0.3 is 15.2 Å². The summed E-state index contributed by atoms with van der Waals surface area (Å²) in [7, 11) is 0. The van der Waals surface area contributed by atoms with E-state index in [0.29, 0.717) is 30.9 Å². The van der Waals surface area contributed by atoms with Crippen LogP contribution < -0.4 is 0 Å². The molecular weight excluding hydrogens is 260 g/mol. The molecular formula is C13H18N4O3. The number of fused-ring (bicyclic) bond motifs is 1. The van der Waals surface area contributed by atoms with Gasteiger partial charge in [0.15, 0.2) is 5.69 Å². The number of nitro groups is 1. The summed E-state index contributed by atoms with van der Waals surface area (Å²) in [5.74, 6) is 0.0167. The molecule has 0 aliphatic carbocycles. The first-order chi connectivity index (χ1) is 9.67. The normalized spacial score (nSPS) is 11.3. The second kappa shape index (κ2) is 6.44.